The molecule has 3 nitrogen and oxygen atoms in total. The van der Waals surface area contributed by atoms with Gasteiger partial charge < -0.3 is 10.1 Å². The molecule has 0 aliphatic carbocycles. The Morgan fingerprint density at radius 1 is 1.35 bits per heavy atom. The molecule has 1 aromatic carbocycles. The molecule has 1 N–H and O–H groups in total. The summed E-state index contributed by atoms with van der Waals surface area (Å²) in [7, 11) is 0. The Kier molecular flexibility index (Phi) is 4.68. The van der Waals surface area contributed by atoms with Crippen LogP contribution in [0.5, 0.6) is 5.75 Å². The first-order valence-corrected chi connectivity index (χ1v) is 6.86. The van der Waals surface area contributed by atoms with Crippen molar-refractivity contribution in [3.05, 3.63) is 52.2 Å². The smallest absolute Gasteiger partial charge is 0.261 e. The molecule has 2 aromatic rings. The van der Waals surface area contributed by atoms with Gasteiger partial charge in [0.2, 0.25) is 0 Å². The third-order valence-corrected chi connectivity index (χ3v) is 3.47. The fourth-order valence-electron chi connectivity index (χ4n) is 1.54. The zero-order valence-electron chi connectivity index (χ0n) is 10.7. The van der Waals surface area contributed by atoms with E-state index >= 15 is 0 Å². The summed E-state index contributed by atoms with van der Waals surface area (Å²) in [5, 5.41) is 4.63. The summed E-state index contributed by atoms with van der Waals surface area (Å²) in [4.78, 5) is 12.8. The van der Waals surface area contributed by atoms with Crippen LogP contribution in [0.25, 0.3) is 0 Å². The molecule has 0 fully saturated rings. The summed E-state index contributed by atoms with van der Waals surface area (Å²) in [6.45, 7) is 1.97. The third-order valence-electron chi connectivity index (χ3n) is 2.59. The number of ether oxygens (including phenoxy) is 1. The quantitative estimate of drug-likeness (QED) is 0.921. The van der Waals surface area contributed by atoms with Gasteiger partial charge in [-0.2, -0.15) is 0 Å². The van der Waals surface area contributed by atoms with Gasteiger partial charge in [-0.15, -0.1) is 11.3 Å². The number of hydrogen-bond acceptors (Lipinski definition) is 3. The van der Waals surface area contributed by atoms with Crippen LogP contribution >= 0.6 is 11.3 Å². The lowest BCUT2D eigenvalue weighted by atomic mass is 10.3. The predicted molar refractivity (Wildman–Crippen MR) is 72.6 cm³/mol. The molecule has 0 saturated heterocycles. The number of carbonyl (C=O) groups is 1. The molecule has 0 aliphatic heterocycles. The lowest BCUT2D eigenvalue weighted by molar-refractivity contribution is -0.127. The molecule has 6 heteroatoms. The van der Waals surface area contributed by atoms with E-state index < -0.39 is 17.7 Å². The van der Waals surface area contributed by atoms with Crippen molar-refractivity contribution < 1.29 is 18.3 Å². The minimum absolute atomic E-state index is 0.114. The van der Waals surface area contributed by atoms with Crippen molar-refractivity contribution in [3.63, 3.8) is 0 Å². The highest BCUT2D eigenvalue weighted by atomic mass is 32.1. The number of nitrogens with one attached hydrogen (secondary N) is 1. The fraction of sp³-hybridized carbons (Fsp3) is 0.214. The second kappa shape index (κ2) is 6.47. The number of halogens is 2. The van der Waals surface area contributed by atoms with Crippen LogP contribution in [0.1, 0.15) is 11.8 Å². The highest BCUT2D eigenvalue weighted by Gasteiger charge is 2.15. The Labute approximate surface area is 119 Å². The van der Waals surface area contributed by atoms with Crippen molar-refractivity contribution in [2.45, 2.75) is 19.6 Å². The lowest BCUT2D eigenvalue weighted by Crippen LogP contribution is -2.35. The van der Waals surface area contributed by atoms with Gasteiger partial charge in [0, 0.05) is 10.9 Å². The van der Waals surface area contributed by atoms with Crippen molar-refractivity contribution in [1.82, 2.24) is 5.32 Å². The van der Waals surface area contributed by atoms with Crippen LogP contribution in [0.15, 0.2) is 35.7 Å². The minimum Gasteiger partial charge on any atom is -0.481 e. The van der Waals surface area contributed by atoms with Crippen LogP contribution in [0, 0.1) is 11.6 Å². The van der Waals surface area contributed by atoms with Gasteiger partial charge in [0.1, 0.15) is 5.75 Å². The average molecular weight is 297 g/mol. The predicted octanol–water partition coefficient (Wildman–Crippen LogP) is 3.11. The van der Waals surface area contributed by atoms with Crippen LogP contribution in [0.4, 0.5) is 8.78 Å². The number of amides is 1. The first-order chi connectivity index (χ1) is 9.56. The standard InChI is InChI=1S/C14H13F2NO2S/c1-9(14(18)17-8-11-3-2-6-20-11)19-10-4-5-12(15)13(16)7-10/h2-7,9H,8H2,1H3,(H,17,18). The Morgan fingerprint density at radius 2 is 2.15 bits per heavy atom. The SMILES string of the molecule is CC(Oc1ccc(F)c(F)c1)C(=O)NCc1cccs1. The Hall–Kier alpha value is -1.95. The molecular formula is C14H13F2NO2S. The molecule has 0 aliphatic rings. The summed E-state index contributed by atoms with van der Waals surface area (Å²) in [5.41, 5.74) is 0. The van der Waals surface area contributed by atoms with Crippen LogP contribution in [-0.2, 0) is 11.3 Å². The van der Waals surface area contributed by atoms with E-state index in [4.69, 9.17) is 4.74 Å². The van der Waals surface area contributed by atoms with E-state index in [2.05, 4.69) is 5.32 Å². The van der Waals surface area contributed by atoms with Gasteiger partial charge in [0.15, 0.2) is 17.7 Å². The monoisotopic (exact) mass is 297 g/mol. The molecule has 2 rings (SSSR count). The van der Waals surface area contributed by atoms with E-state index in [0.29, 0.717) is 6.54 Å². The van der Waals surface area contributed by atoms with Crippen LogP contribution in [0.3, 0.4) is 0 Å². The largest absolute Gasteiger partial charge is 0.481 e. The zero-order chi connectivity index (χ0) is 14.5. The normalized spacial score (nSPS) is 11.9. The van der Waals surface area contributed by atoms with E-state index in [0.717, 1.165) is 17.0 Å². The number of benzene rings is 1. The maximum Gasteiger partial charge on any atom is 0.261 e. The molecule has 0 saturated carbocycles. The molecule has 1 unspecified atom stereocenters. The second-order valence-electron chi connectivity index (χ2n) is 4.13. The van der Waals surface area contributed by atoms with Gasteiger partial charge in [-0.25, -0.2) is 8.78 Å². The van der Waals surface area contributed by atoms with Gasteiger partial charge in [-0.05, 0) is 30.5 Å². The summed E-state index contributed by atoms with van der Waals surface area (Å²) in [6.07, 6.45) is -0.792. The van der Waals surface area contributed by atoms with Crippen LogP contribution in [-0.4, -0.2) is 12.0 Å². The Balaban J connectivity index is 1.88. The van der Waals surface area contributed by atoms with Gasteiger partial charge in [0.25, 0.3) is 5.91 Å². The van der Waals surface area contributed by atoms with Crippen molar-refractivity contribution in [2.75, 3.05) is 0 Å². The molecule has 1 aromatic heterocycles. The number of rotatable bonds is 5. The average Bonchev–Trinajstić information content (AvgIpc) is 2.93. The van der Waals surface area contributed by atoms with Crippen LogP contribution < -0.4 is 10.1 Å². The first kappa shape index (κ1) is 14.5. The third kappa shape index (κ3) is 3.77. The maximum atomic E-state index is 13.0. The van der Waals surface area contributed by atoms with Crippen LogP contribution in [0.2, 0.25) is 0 Å². The van der Waals surface area contributed by atoms with Gasteiger partial charge in [0.05, 0.1) is 6.54 Å². The lowest BCUT2D eigenvalue weighted by Gasteiger charge is -2.14. The van der Waals surface area contributed by atoms with E-state index in [9.17, 15) is 13.6 Å². The summed E-state index contributed by atoms with van der Waals surface area (Å²) < 4.78 is 31.0. The Bertz CT molecular complexity index is 587. The van der Waals surface area contributed by atoms with Crippen molar-refractivity contribution >= 4 is 17.2 Å². The van der Waals surface area contributed by atoms with Gasteiger partial charge in [-0.1, -0.05) is 6.07 Å². The highest BCUT2D eigenvalue weighted by Crippen LogP contribution is 2.17. The Morgan fingerprint density at radius 3 is 2.80 bits per heavy atom. The topological polar surface area (TPSA) is 38.3 Å². The molecular weight excluding hydrogens is 284 g/mol. The molecule has 0 spiro atoms. The molecule has 0 bridgehead atoms. The molecule has 1 amide bonds. The molecule has 1 heterocycles. The second-order valence-corrected chi connectivity index (χ2v) is 5.17. The summed E-state index contributed by atoms with van der Waals surface area (Å²) in [6, 6.07) is 6.96. The zero-order valence-corrected chi connectivity index (χ0v) is 11.5. The van der Waals surface area contributed by atoms with Gasteiger partial charge >= 0.3 is 0 Å². The fourth-order valence-corrected chi connectivity index (χ4v) is 2.18. The number of carbonyl (C=O) groups excluding carboxylic acids is 1. The molecule has 1 atom stereocenters. The maximum absolute atomic E-state index is 13.0. The summed E-state index contributed by atoms with van der Waals surface area (Å²) >= 11 is 1.54. The van der Waals surface area contributed by atoms with Crippen molar-refractivity contribution in [2.24, 2.45) is 0 Å². The molecule has 106 valence electrons. The van der Waals surface area contributed by atoms with Gasteiger partial charge in [-0.3, -0.25) is 4.79 Å². The van der Waals surface area contributed by atoms with Crippen molar-refractivity contribution in [1.29, 1.82) is 0 Å². The number of thiophene rings is 1. The van der Waals surface area contributed by atoms with E-state index in [1.807, 2.05) is 17.5 Å². The minimum atomic E-state index is -1.01. The van der Waals surface area contributed by atoms with E-state index in [1.54, 1.807) is 6.92 Å². The number of hydrogen-bond donors (Lipinski definition) is 1. The summed E-state index contributed by atoms with van der Waals surface area (Å²) in [5.74, 6) is -2.16. The molecule has 20 heavy (non-hydrogen) atoms. The van der Waals surface area contributed by atoms with Crippen molar-refractivity contribution in [3.8, 4) is 5.75 Å². The van der Waals surface area contributed by atoms with E-state index in [-0.39, 0.29) is 11.7 Å². The van der Waals surface area contributed by atoms with E-state index in [1.165, 1.54) is 17.4 Å². The first-order valence-electron chi connectivity index (χ1n) is 5.98. The molecule has 0 radical (unpaired) electrons. The highest BCUT2D eigenvalue weighted by molar-refractivity contribution is 7.09.